The van der Waals surface area contributed by atoms with Crippen LogP contribution in [0, 0.1) is 0 Å². The minimum Gasteiger partial charge on any atom is -0.408 e. The molecule has 2 aromatic heterocycles. The van der Waals surface area contributed by atoms with Crippen LogP contribution in [0.15, 0.2) is 38.9 Å². The van der Waals surface area contributed by atoms with E-state index in [0.29, 0.717) is 5.58 Å². The van der Waals surface area contributed by atoms with Crippen molar-refractivity contribution in [2.24, 2.45) is 0 Å². The van der Waals surface area contributed by atoms with Crippen molar-refractivity contribution in [1.82, 2.24) is 10.3 Å². The Morgan fingerprint density at radius 3 is 2.95 bits per heavy atom. The Morgan fingerprint density at radius 1 is 1.33 bits per heavy atom. The van der Waals surface area contributed by atoms with Gasteiger partial charge in [-0.15, -0.1) is 11.3 Å². The number of nitrogens with one attached hydrogen (secondary N) is 2. The van der Waals surface area contributed by atoms with Gasteiger partial charge in [0.25, 0.3) is 0 Å². The fraction of sp³-hybridized carbons (Fsp3) is 0.312. The van der Waals surface area contributed by atoms with Crippen LogP contribution in [0.4, 0.5) is 0 Å². The molecule has 2 N–H and O–H groups in total. The maximum absolute atomic E-state index is 11.3. The average molecular weight is 302 g/mol. The number of hydrogen-bond donors (Lipinski definition) is 2. The van der Waals surface area contributed by atoms with E-state index in [9.17, 15) is 4.79 Å². The lowest BCUT2D eigenvalue weighted by Crippen LogP contribution is -2.21. The smallest absolute Gasteiger partial charge is 0.408 e. The lowest BCUT2D eigenvalue weighted by Gasteiger charge is -2.18. The molecular weight excluding hydrogens is 284 g/mol. The summed E-state index contributed by atoms with van der Waals surface area (Å²) in [5.74, 6) is -0.410. The van der Waals surface area contributed by atoms with E-state index in [0.717, 1.165) is 24.0 Å². The molecule has 21 heavy (non-hydrogen) atoms. The Labute approximate surface area is 126 Å². The molecule has 0 amide bonds. The maximum Gasteiger partial charge on any atom is 0.417 e. The van der Waals surface area contributed by atoms with Gasteiger partial charge in [-0.25, -0.2) is 4.79 Å². The topological polar surface area (TPSA) is 58.0 Å². The number of hydrogen-bond acceptors (Lipinski definition) is 4. The quantitative estimate of drug-likeness (QED) is 0.759. The van der Waals surface area contributed by atoms with Crippen molar-refractivity contribution in [2.75, 3.05) is 6.54 Å². The Hall–Kier alpha value is -1.85. The number of rotatable bonds is 5. The zero-order valence-electron chi connectivity index (χ0n) is 12.1. The first kappa shape index (κ1) is 14.1. The number of aromatic amines is 1. The van der Waals surface area contributed by atoms with E-state index in [4.69, 9.17) is 4.42 Å². The number of H-pyrrole nitrogens is 1. The van der Waals surface area contributed by atoms with Gasteiger partial charge in [0, 0.05) is 4.88 Å². The van der Waals surface area contributed by atoms with Crippen LogP contribution in [0.25, 0.3) is 11.1 Å². The van der Waals surface area contributed by atoms with Crippen molar-refractivity contribution in [3.05, 3.63) is 56.2 Å². The fourth-order valence-corrected chi connectivity index (χ4v) is 3.70. The van der Waals surface area contributed by atoms with Gasteiger partial charge >= 0.3 is 5.76 Å². The second-order valence-electron chi connectivity index (χ2n) is 4.92. The molecular formula is C16H18N2O2S. The summed E-state index contributed by atoms with van der Waals surface area (Å²) < 4.78 is 5.18. The second-order valence-corrected chi connectivity index (χ2v) is 5.87. The fourth-order valence-electron chi connectivity index (χ4n) is 2.60. The number of oxazole rings is 1. The van der Waals surface area contributed by atoms with Gasteiger partial charge in [-0.05, 0) is 47.7 Å². The molecule has 1 unspecified atom stereocenters. The molecule has 3 aromatic rings. The standard InChI is InChI=1S/C16H18N2O2S/c1-3-10-7-8-21-15(10)14(17-4-2)11-5-6-12-13(9-11)20-16(19)18-12/h5-9,14,17H,3-4H2,1-2H3,(H,18,19). The van der Waals surface area contributed by atoms with Gasteiger partial charge < -0.3 is 9.73 Å². The number of aryl methyl sites for hydroxylation is 1. The monoisotopic (exact) mass is 302 g/mol. The van der Waals surface area contributed by atoms with Crippen molar-refractivity contribution in [2.45, 2.75) is 26.3 Å². The number of thiophene rings is 1. The van der Waals surface area contributed by atoms with E-state index in [1.165, 1.54) is 10.4 Å². The molecule has 0 bridgehead atoms. The van der Waals surface area contributed by atoms with E-state index in [1.54, 1.807) is 11.3 Å². The molecule has 1 atom stereocenters. The summed E-state index contributed by atoms with van der Waals surface area (Å²) in [6.45, 7) is 5.14. The van der Waals surface area contributed by atoms with Crippen LogP contribution in [0.3, 0.4) is 0 Å². The van der Waals surface area contributed by atoms with Crippen LogP contribution in [0.2, 0.25) is 0 Å². The predicted octanol–water partition coefficient (Wildman–Crippen LogP) is 3.44. The molecule has 3 rings (SSSR count). The Morgan fingerprint density at radius 2 is 2.19 bits per heavy atom. The number of aromatic nitrogens is 1. The van der Waals surface area contributed by atoms with Crippen LogP contribution >= 0.6 is 11.3 Å². The van der Waals surface area contributed by atoms with E-state index >= 15 is 0 Å². The van der Waals surface area contributed by atoms with E-state index in [2.05, 4.69) is 35.6 Å². The Bertz CT molecular complexity index is 800. The molecule has 0 saturated heterocycles. The summed E-state index contributed by atoms with van der Waals surface area (Å²) in [7, 11) is 0. The molecule has 0 aliphatic rings. The molecule has 110 valence electrons. The van der Waals surface area contributed by atoms with Crippen LogP contribution in [-0.4, -0.2) is 11.5 Å². The highest BCUT2D eigenvalue weighted by molar-refractivity contribution is 7.10. The predicted molar refractivity (Wildman–Crippen MR) is 86.1 cm³/mol. The van der Waals surface area contributed by atoms with Gasteiger partial charge in [0.15, 0.2) is 5.58 Å². The van der Waals surface area contributed by atoms with E-state index < -0.39 is 5.76 Å². The third kappa shape index (κ3) is 2.66. The molecule has 0 fully saturated rings. The zero-order valence-corrected chi connectivity index (χ0v) is 12.9. The second kappa shape index (κ2) is 5.87. The maximum atomic E-state index is 11.3. The van der Waals surface area contributed by atoms with Gasteiger partial charge in [-0.2, -0.15) is 0 Å². The highest BCUT2D eigenvalue weighted by Crippen LogP contribution is 2.31. The highest BCUT2D eigenvalue weighted by atomic mass is 32.1. The largest absolute Gasteiger partial charge is 0.417 e. The molecule has 0 aliphatic heterocycles. The first-order chi connectivity index (χ1) is 10.2. The molecule has 1 aromatic carbocycles. The number of benzene rings is 1. The first-order valence-corrected chi connectivity index (χ1v) is 8.03. The molecule has 0 spiro atoms. The van der Waals surface area contributed by atoms with Crippen molar-refractivity contribution in [1.29, 1.82) is 0 Å². The summed E-state index contributed by atoms with van der Waals surface area (Å²) in [6.07, 6.45) is 1.02. The molecule has 0 aliphatic carbocycles. The summed E-state index contributed by atoms with van der Waals surface area (Å²) in [4.78, 5) is 15.3. The third-order valence-electron chi connectivity index (χ3n) is 3.61. The molecule has 5 heteroatoms. The molecule has 4 nitrogen and oxygen atoms in total. The van der Waals surface area contributed by atoms with Crippen molar-refractivity contribution in [3.8, 4) is 0 Å². The lowest BCUT2D eigenvalue weighted by atomic mass is 10.0. The Balaban J connectivity index is 2.08. The van der Waals surface area contributed by atoms with Crippen molar-refractivity contribution < 1.29 is 4.42 Å². The van der Waals surface area contributed by atoms with Crippen LogP contribution in [-0.2, 0) is 6.42 Å². The molecule has 2 heterocycles. The van der Waals surface area contributed by atoms with Gasteiger partial charge in [-0.1, -0.05) is 19.9 Å². The summed E-state index contributed by atoms with van der Waals surface area (Å²) in [5, 5.41) is 5.66. The van der Waals surface area contributed by atoms with Gasteiger partial charge in [0.2, 0.25) is 0 Å². The van der Waals surface area contributed by atoms with Crippen molar-refractivity contribution in [3.63, 3.8) is 0 Å². The SMILES string of the molecule is CCNC(c1ccc2[nH]c(=O)oc2c1)c1sccc1CC. The minimum atomic E-state index is -0.410. The van der Waals surface area contributed by atoms with Gasteiger partial charge in [0.1, 0.15) is 0 Å². The summed E-state index contributed by atoms with van der Waals surface area (Å²) in [5.41, 5.74) is 3.82. The average Bonchev–Trinajstić information content (AvgIpc) is 3.08. The normalized spacial score (nSPS) is 12.9. The Kier molecular flexibility index (Phi) is 3.94. The lowest BCUT2D eigenvalue weighted by molar-refractivity contribution is 0.554. The van der Waals surface area contributed by atoms with Crippen LogP contribution in [0.5, 0.6) is 0 Å². The van der Waals surface area contributed by atoms with Crippen LogP contribution < -0.4 is 11.1 Å². The van der Waals surface area contributed by atoms with E-state index in [1.807, 2.05) is 18.2 Å². The minimum absolute atomic E-state index is 0.134. The van der Waals surface area contributed by atoms with Crippen molar-refractivity contribution >= 4 is 22.4 Å². The summed E-state index contributed by atoms with van der Waals surface area (Å²) in [6, 6.07) is 8.20. The van der Waals surface area contributed by atoms with Crippen LogP contribution in [0.1, 0.15) is 35.9 Å². The zero-order chi connectivity index (χ0) is 14.8. The molecule has 0 radical (unpaired) electrons. The molecule has 0 saturated carbocycles. The van der Waals surface area contributed by atoms with Gasteiger partial charge in [0.05, 0.1) is 11.6 Å². The van der Waals surface area contributed by atoms with Gasteiger partial charge in [-0.3, -0.25) is 4.98 Å². The third-order valence-corrected chi connectivity index (χ3v) is 4.63. The van der Waals surface area contributed by atoms with E-state index in [-0.39, 0.29) is 6.04 Å². The summed E-state index contributed by atoms with van der Waals surface area (Å²) >= 11 is 1.76. The highest BCUT2D eigenvalue weighted by Gasteiger charge is 2.18. The number of fused-ring (bicyclic) bond motifs is 1. The first-order valence-electron chi connectivity index (χ1n) is 7.15.